The zero-order valence-electron chi connectivity index (χ0n) is 14.8. The van der Waals surface area contributed by atoms with Gasteiger partial charge in [0.05, 0.1) is 5.69 Å². The molecular weight excluding hydrogens is 352 g/mol. The van der Waals surface area contributed by atoms with E-state index >= 15 is 0 Å². The summed E-state index contributed by atoms with van der Waals surface area (Å²) in [5, 5.41) is 4.05. The standard InChI is InChI=1S/C18H22N4O3S/c1-2-14-17(26-20-19-14)18(23)22-7-5-21(6-8-22)12-13-3-4-15-16(11-13)25-10-9-24-15/h3-4,11H,2,5-10,12H2,1H3. The summed E-state index contributed by atoms with van der Waals surface area (Å²) in [7, 11) is 0. The number of hydrogen-bond acceptors (Lipinski definition) is 7. The first kappa shape index (κ1) is 17.2. The van der Waals surface area contributed by atoms with Crippen molar-refractivity contribution in [1.29, 1.82) is 0 Å². The topological polar surface area (TPSA) is 67.8 Å². The van der Waals surface area contributed by atoms with Crippen LogP contribution in [0, 0.1) is 0 Å². The lowest BCUT2D eigenvalue weighted by atomic mass is 10.1. The third-order valence-electron chi connectivity index (χ3n) is 4.76. The van der Waals surface area contributed by atoms with E-state index < -0.39 is 0 Å². The third kappa shape index (κ3) is 3.52. The van der Waals surface area contributed by atoms with Gasteiger partial charge in [-0.15, -0.1) is 5.10 Å². The fourth-order valence-corrected chi connectivity index (χ4v) is 4.02. The lowest BCUT2D eigenvalue weighted by Crippen LogP contribution is -2.48. The molecule has 0 unspecified atom stereocenters. The molecule has 0 N–H and O–H groups in total. The van der Waals surface area contributed by atoms with Crippen LogP contribution in [0.25, 0.3) is 0 Å². The molecule has 4 rings (SSSR count). The Labute approximate surface area is 156 Å². The van der Waals surface area contributed by atoms with E-state index in [1.807, 2.05) is 17.9 Å². The Balaban J connectivity index is 1.34. The molecule has 26 heavy (non-hydrogen) atoms. The van der Waals surface area contributed by atoms with Gasteiger partial charge in [-0.2, -0.15) is 0 Å². The fraction of sp³-hybridized carbons (Fsp3) is 0.500. The minimum absolute atomic E-state index is 0.0656. The van der Waals surface area contributed by atoms with Gasteiger partial charge in [0.25, 0.3) is 5.91 Å². The number of nitrogens with zero attached hydrogens (tertiary/aromatic N) is 4. The summed E-state index contributed by atoms with van der Waals surface area (Å²) in [6, 6.07) is 6.12. The number of aromatic nitrogens is 2. The summed E-state index contributed by atoms with van der Waals surface area (Å²) in [5.74, 6) is 1.71. The van der Waals surface area contributed by atoms with Crippen LogP contribution in [-0.2, 0) is 13.0 Å². The van der Waals surface area contributed by atoms with E-state index in [0.29, 0.717) is 18.1 Å². The molecule has 3 heterocycles. The minimum atomic E-state index is 0.0656. The normalized spacial score (nSPS) is 17.3. The number of carbonyl (C=O) groups excluding carboxylic acids is 1. The Kier molecular flexibility index (Phi) is 5.03. The van der Waals surface area contributed by atoms with Gasteiger partial charge in [-0.05, 0) is 35.6 Å². The molecule has 2 aliphatic heterocycles. The molecule has 0 aliphatic carbocycles. The molecule has 0 saturated carbocycles. The molecule has 0 spiro atoms. The van der Waals surface area contributed by atoms with Gasteiger partial charge in [-0.3, -0.25) is 9.69 Å². The number of ether oxygens (including phenoxy) is 2. The Morgan fingerprint density at radius 2 is 1.92 bits per heavy atom. The summed E-state index contributed by atoms with van der Waals surface area (Å²) in [6.07, 6.45) is 0.738. The van der Waals surface area contributed by atoms with E-state index in [-0.39, 0.29) is 5.91 Å². The van der Waals surface area contributed by atoms with Crippen LogP contribution < -0.4 is 9.47 Å². The molecule has 0 bridgehead atoms. The quantitative estimate of drug-likeness (QED) is 0.813. The molecule has 138 valence electrons. The van der Waals surface area contributed by atoms with E-state index in [2.05, 4.69) is 26.6 Å². The van der Waals surface area contributed by atoms with Crippen molar-refractivity contribution in [1.82, 2.24) is 19.4 Å². The zero-order chi connectivity index (χ0) is 17.9. The van der Waals surface area contributed by atoms with Gasteiger partial charge in [0.1, 0.15) is 18.1 Å². The Morgan fingerprint density at radius 3 is 2.69 bits per heavy atom. The molecule has 2 aliphatic rings. The molecule has 1 fully saturated rings. The van der Waals surface area contributed by atoms with Crippen LogP contribution >= 0.6 is 11.5 Å². The molecule has 2 aromatic rings. The van der Waals surface area contributed by atoms with Crippen molar-refractivity contribution in [2.24, 2.45) is 0 Å². The van der Waals surface area contributed by atoms with Gasteiger partial charge < -0.3 is 14.4 Å². The van der Waals surface area contributed by atoms with Crippen LogP contribution in [0.2, 0.25) is 0 Å². The third-order valence-corrected chi connectivity index (χ3v) is 5.51. The maximum absolute atomic E-state index is 12.7. The Morgan fingerprint density at radius 1 is 1.15 bits per heavy atom. The first-order valence-electron chi connectivity index (χ1n) is 8.96. The van der Waals surface area contributed by atoms with Crippen molar-refractivity contribution in [3.05, 3.63) is 34.3 Å². The highest BCUT2D eigenvalue weighted by molar-refractivity contribution is 7.08. The molecule has 1 aromatic heterocycles. The number of piperazine rings is 1. The number of rotatable bonds is 4. The number of benzene rings is 1. The summed E-state index contributed by atoms with van der Waals surface area (Å²) in [4.78, 5) is 17.6. The van der Waals surface area contributed by atoms with Crippen molar-refractivity contribution >= 4 is 17.4 Å². The van der Waals surface area contributed by atoms with Crippen molar-refractivity contribution < 1.29 is 14.3 Å². The SMILES string of the molecule is CCc1nnsc1C(=O)N1CCN(Cc2ccc3c(c2)OCCO3)CC1. The fourth-order valence-electron chi connectivity index (χ4n) is 3.30. The van der Waals surface area contributed by atoms with E-state index in [1.165, 1.54) is 17.1 Å². The van der Waals surface area contributed by atoms with Gasteiger partial charge in [-0.1, -0.05) is 17.5 Å². The second-order valence-corrected chi connectivity index (χ2v) is 7.20. The van der Waals surface area contributed by atoms with Crippen LogP contribution in [0.15, 0.2) is 18.2 Å². The molecule has 1 aromatic carbocycles. The average molecular weight is 374 g/mol. The lowest BCUT2D eigenvalue weighted by molar-refractivity contribution is 0.0631. The summed E-state index contributed by atoms with van der Waals surface area (Å²) in [5.41, 5.74) is 2.01. The number of amides is 1. The van der Waals surface area contributed by atoms with Crippen LogP contribution in [0.4, 0.5) is 0 Å². The van der Waals surface area contributed by atoms with Crippen molar-refractivity contribution in [2.75, 3.05) is 39.4 Å². The van der Waals surface area contributed by atoms with E-state index in [9.17, 15) is 4.79 Å². The van der Waals surface area contributed by atoms with Crippen LogP contribution in [0.5, 0.6) is 11.5 Å². The highest BCUT2D eigenvalue weighted by Crippen LogP contribution is 2.31. The second kappa shape index (κ2) is 7.59. The van der Waals surface area contributed by atoms with E-state index in [1.54, 1.807) is 0 Å². The molecule has 0 radical (unpaired) electrons. The number of aryl methyl sites for hydroxylation is 1. The molecule has 0 atom stereocenters. The predicted octanol–water partition coefficient (Wildman–Crippen LogP) is 1.83. The predicted molar refractivity (Wildman–Crippen MR) is 97.9 cm³/mol. The van der Waals surface area contributed by atoms with E-state index in [4.69, 9.17) is 9.47 Å². The van der Waals surface area contributed by atoms with Gasteiger partial charge in [0.15, 0.2) is 11.5 Å². The van der Waals surface area contributed by atoms with E-state index in [0.717, 1.165) is 56.3 Å². The average Bonchev–Trinajstić information content (AvgIpc) is 3.17. The van der Waals surface area contributed by atoms with Crippen molar-refractivity contribution in [3.8, 4) is 11.5 Å². The van der Waals surface area contributed by atoms with Crippen molar-refractivity contribution in [2.45, 2.75) is 19.9 Å². The molecule has 1 saturated heterocycles. The number of fused-ring (bicyclic) bond motifs is 1. The first-order valence-corrected chi connectivity index (χ1v) is 9.73. The highest BCUT2D eigenvalue weighted by atomic mass is 32.1. The number of carbonyl (C=O) groups is 1. The molecule has 7 nitrogen and oxygen atoms in total. The number of hydrogen-bond donors (Lipinski definition) is 0. The highest BCUT2D eigenvalue weighted by Gasteiger charge is 2.25. The van der Waals surface area contributed by atoms with Gasteiger partial charge in [0, 0.05) is 32.7 Å². The van der Waals surface area contributed by atoms with Crippen LogP contribution in [-0.4, -0.2) is 64.7 Å². The van der Waals surface area contributed by atoms with Crippen LogP contribution in [0.1, 0.15) is 27.9 Å². The smallest absolute Gasteiger partial charge is 0.267 e. The molecular formula is C18H22N4O3S. The summed E-state index contributed by atoms with van der Waals surface area (Å²) < 4.78 is 15.2. The first-order chi connectivity index (χ1) is 12.7. The minimum Gasteiger partial charge on any atom is -0.486 e. The Bertz CT molecular complexity index is 786. The molecule has 8 heteroatoms. The van der Waals surface area contributed by atoms with Gasteiger partial charge in [-0.25, -0.2) is 0 Å². The maximum atomic E-state index is 12.7. The summed E-state index contributed by atoms with van der Waals surface area (Å²) >= 11 is 1.20. The largest absolute Gasteiger partial charge is 0.486 e. The monoisotopic (exact) mass is 374 g/mol. The van der Waals surface area contributed by atoms with Crippen LogP contribution in [0.3, 0.4) is 0 Å². The van der Waals surface area contributed by atoms with Crippen molar-refractivity contribution in [3.63, 3.8) is 0 Å². The lowest BCUT2D eigenvalue weighted by Gasteiger charge is -2.34. The Hall–Kier alpha value is -2.19. The molecule has 1 amide bonds. The summed E-state index contributed by atoms with van der Waals surface area (Å²) in [6.45, 7) is 7.22. The second-order valence-electron chi connectivity index (χ2n) is 6.45. The zero-order valence-corrected chi connectivity index (χ0v) is 15.6. The van der Waals surface area contributed by atoms with Gasteiger partial charge in [0.2, 0.25) is 0 Å². The van der Waals surface area contributed by atoms with Gasteiger partial charge >= 0.3 is 0 Å². The maximum Gasteiger partial charge on any atom is 0.267 e.